The third kappa shape index (κ3) is 1.33. The second-order valence-electron chi connectivity index (χ2n) is 3.56. The maximum absolute atomic E-state index is 4.40. The number of rotatable bonds is 1. The van der Waals surface area contributed by atoms with Crippen LogP contribution in [0.2, 0.25) is 0 Å². The lowest BCUT2D eigenvalue weighted by Gasteiger charge is -2.03. The molecule has 2 aromatic carbocycles. The lowest BCUT2D eigenvalue weighted by molar-refractivity contribution is 1.22. The molecule has 1 aliphatic rings. The number of hydrogen-bond donors (Lipinski definition) is 0. The van der Waals surface area contributed by atoms with Crippen LogP contribution in [0.25, 0.3) is 5.57 Å². The van der Waals surface area contributed by atoms with Gasteiger partial charge < -0.3 is 0 Å². The van der Waals surface area contributed by atoms with Crippen LogP contribution in [0.1, 0.15) is 11.1 Å². The molecular weight excluding hydrogens is 182 g/mol. The fourth-order valence-electron chi connectivity index (χ4n) is 1.87. The van der Waals surface area contributed by atoms with Crippen molar-refractivity contribution in [2.24, 2.45) is 0 Å². The van der Waals surface area contributed by atoms with Gasteiger partial charge in [-0.3, -0.25) is 5.32 Å². The summed E-state index contributed by atoms with van der Waals surface area (Å²) >= 11 is 0. The molecule has 0 unspecified atom stereocenters. The highest BCUT2D eigenvalue weighted by molar-refractivity contribution is 5.88. The Kier molecular flexibility index (Phi) is 1.82. The highest BCUT2D eigenvalue weighted by Crippen LogP contribution is 2.33. The van der Waals surface area contributed by atoms with Gasteiger partial charge in [-0.1, -0.05) is 48.5 Å². The third-order valence-electron chi connectivity index (χ3n) is 2.61. The molecule has 0 atom stereocenters. The molecule has 15 heavy (non-hydrogen) atoms. The van der Waals surface area contributed by atoms with Crippen molar-refractivity contribution >= 4 is 11.3 Å². The van der Waals surface area contributed by atoms with Gasteiger partial charge in [0.15, 0.2) is 0 Å². The standard InChI is InChI=1S/C14H10N/c1-2-6-11(7-3-1)13-10-15-14-9-5-4-8-12(13)14/h1-10H. The number of para-hydroxylation sites is 1. The minimum absolute atomic E-state index is 1.07. The first-order chi connectivity index (χ1) is 7.45. The molecule has 0 aromatic heterocycles. The van der Waals surface area contributed by atoms with Crippen LogP contribution in [0.5, 0.6) is 0 Å². The first kappa shape index (κ1) is 8.30. The highest BCUT2D eigenvalue weighted by atomic mass is 14.9. The maximum atomic E-state index is 4.40. The maximum Gasteiger partial charge on any atom is 0.0709 e. The van der Waals surface area contributed by atoms with E-state index in [2.05, 4.69) is 41.7 Å². The van der Waals surface area contributed by atoms with Crippen molar-refractivity contribution in [1.29, 1.82) is 0 Å². The van der Waals surface area contributed by atoms with Gasteiger partial charge in [-0.05, 0) is 11.6 Å². The van der Waals surface area contributed by atoms with Gasteiger partial charge in [0.2, 0.25) is 0 Å². The van der Waals surface area contributed by atoms with Gasteiger partial charge in [-0.2, -0.15) is 0 Å². The second-order valence-corrected chi connectivity index (χ2v) is 3.56. The average Bonchev–Trinajstić information content (AvgIpc) is 2.74. The molecule has 0 fully saturated rings. The molecule has 0 bridgehead atoms. The van der Waals surface area contributed by atoms with Crippen LogP contribution in [-0.2, 0) is 0 Å². The van der Waals surface area contributed by atoms with Crippen molar-refractivity contribution < 1.29 is 0 Å². The zero-order chi connectivity index (χ0) is 10.1. The molecule has 2 aromatic rings. The van der Waals surface area contributed by atoms with E-state index in [-0.39, 0.29) is 0 Å². The van der Waals surface area contributed by atoms with Crippen molar-refractivity contribution in [3.05, 3.63) is 71.9 Å². The summed E-state index contributed by atoms with van der Waals surface area (Å²) in [6.07, 6.45) is 1.94. The topological polar surface area (TPSA) is 14.1 Å². The monoisotopic (exact) mass is 192 g/mol. The Morgan fingerprint density at radius 2 is 1.47 bits per heavy atom. The van der Waals surface area contributed by atoms with Crippen LogP contribution < -0.4 is 5.32 Å². The van der Waals surface area contributed by atoms with Crippen LogP contribution in [0.3, 0.4) is 0 Å². The van der Waals surface area contributed by atoms with E-state index >= 15 is 0 Å². The molecule has 0 saturated carbocycles. The van der Waals surface area contributed by atoms with Crippen LogP contribution in [0, 0.1) is 0 Å². The number of nitrogens with zero attached hydrogens (tertiary/aromatic N) is 1. The molecular formula is C14H10N. The fourth-order valence-corrected chi connectivity index (χ4v) is 1.87. The number of hydrogen-bond acceptors (Lipinski definition) is 0. The van der Waals surface area contributed by atoms with Crippen molar-refractivity contribution in [1.82, 2.24) is 5.32 Å². The summed E-state index contributed by atoms with van der Waals surface area (Å²) in [5, 5.41) is 4.40. The van der Waals surface area contributed by atoms with Gasteiger partial charge in [0, 0.05) is 17.3 Å². The normalized spacial score (nSPS) is 12.9. The second kappa shape index (κ2) is 3.28. The molecule has 1 nitrogen and oxygen atoms in total. The molecule has 0 saturated heterocycles. The molecule has 0 amide bonds. The van der Waals surface area contributed by atoms with E-state index in [1.54, 1.807) is 0 Å². The van der Waals surface area contributed by atoms with E-state index in [1.165, 1.54) is 16.7 Å². The predicted octanol–water partition coefficient (Wildman–Crippen LogP) is 3.33. The van der Waals surface area contributed by atoms with Gasteiger partial charge in [0.25, 0.3) is 0 Å². The van der Waals surface area contributed by atoms with Crippen LogP contribution in [-0.4, -0.2) is 0 Å². The summed E-state index contributed by atoms with van der Waals surface area (Å²) in [5.41, 5.74) is 4.73. The van der Waals surface area contributed by atoms with Crippen molar-refractivity contribution in [3.63, 3.8) is 0 Å². The van der Waals surface area contributed by atoms with Gasteiger partial charge in [-0.25, -0.2) is 0 Å². The number of fused-ring (bicyclic) bond motifs is 1. The molecule has 0 spiro atoms. The Bertz CT molecular complexity index is 512. The third-order valence-corrected chi connectivity index (χ3v) is 2.61. The van der Waals surface area contributed by atoms with Crippen molar-refractivity contribution in [2.45, 2.75) is 0 Å². The minimum Gasteiger partial charge on any atom is -0.256 e. The van der Waals surface area contributed by atoms with E-state index in [1.807, 2.05) is 24.4 Å². The molecule has 1 aliphatic heterocycles. The highest BCUT2D eigenvalue weighted by Gasteiger charge is 2.15. The van der Waals surface area contributed by atoms with E-state index in [9.17, 15) is 0 Å². The van der Waals surface area contributed by atoms with Crippen LogP contribution in [0.15, 0.2) is 60.8 Å². The van der Waals surface area contributed by atoms with Gasteiger partial charge in [-0.15, -0.1) is 0 Å². The quantitative estimate of drug-likeness (QED) is 0.658. The minimum atomic E-state index is 1.07. The number of benzene rings is 2. The van der Waals surface area contributed by atoms with Crippen LogP contribution >= 0.6 is 0 Å². The summed E-state index contributed by atoms with van der Waals surface area (Å²) in [6, 6.07) is 18.6. The van der Waals surface area contributed by atoms with E-state index < -0.39 is 0 Å². The predicted molar refractivity (Wildman–Crippen MR) is 61.8 cm³/mol. The van der Waals surface area contributed by atoms with E-state index in [0.29, 0.717) is 0 Å². The van der Waals surface area contributed by atoms with Gasteiger partial charge in [0.05, 0.1) is 5.69 Å². The summed E-state index contributed by atoms with van der Waals surface area (Å²) in [6.45, 7) is 0. The molecule has 1 heteroatoms. The van der Waals surface area contributed by atoms with Crippen molar-refractivity contribution in [3.8, 4) is 0 Å². The largest absolute Gasteiger partial charge is 0.256 e. The Labute approximate surface area is 89.1 Å². The van der Waals surface area contributed by atoms with Crippen LogP contribution in [0.4, 0.5) is 5.69 Å². The molecule has 71 valence electrons. The summed E-state index contributed by atoms with van der Waals surface area (Å²) in [7, 11) is 0. The molecule has 1 radical (unpaired) electrons. The molecule has 0 aliphatic carbocycles. The van der Waals surface area contributed by atoms with Gasteiger partial charge >= 0.3 is 0 Å². The Balaban J connectivity index is 2.11. The van der Waals surface area contributed by atoms with Crippen molar-refractivity contribution in [2.75, 3.05) is 0 Å². The smallest absolute Gasteiger partial charge is 0.0709 e. The Morgan fingerprint density at radius 1 is 0.733 bits per heavy atom. The average molecular weight is 192 g/mol. The van der Waals surface area contributed by atoms with E-state index in [0.717, 1.165) is 5.69 Å². The summed E-state index contributed by atoms with van der Waals surface area (Å²) in [4.78, 5) is 0. The Hall–Kier alpha value is -2.02. The molecule has 3 rings (SSSR count). The summed E-state index contributed by atoms with van der Waals surface area (Å²) < 4.78 is 0. The Morgan fingerprint density at radius 3 is 2.33 bits per heavy atom. The first-order valence-corrected chi connectivity index (χ1v) is 5.01. The summed E-state index contributed by atoms with van der Waals surface area (Å²) in [5.74, 6) is 0. The lowest BCUT2D eigenvalue weighted by atomic mass is 10.00. The van der Waals surface area contributed by atoms with Gasteiger partial charge in [0.1, 0.15) is 0 Å². The van der Waals surface area contributed by atoms with E-state index in [4.69, 9.17) is 0 Å². The fraction of sp³-hybridized carbons (Fsp3) is 0. The lowest BCUT2D eigenvalue weighted by Crippen LogP contribution is -1.83. The molecule has 1 heterocycles. The zero-order valence-electron chi connectivity index (χ0n) is 8.22. The zero-order valence-corrected chi connectivity index (χ0v) is 8.22. The first-order valence-electron chi connectivity index (χ1n) is 5.01. The SMILES string of the molecule is C1=C(c2ccccc2)c2ccccc2[N]1. The molecule has 0 N–H and O–H groups in total.